The van der Waals surface area contributed by atoms with Gasteiger partial charge >= 0.3 is 5.97 Å². The van der Waals surface area contributed by atoms with Crippen LogP contribution in [0.15, 0.2) is 30.3 Å². The summed E-state index contributed by atoms with van der Waals surface area (Å²) in [5, 5.41) is 11.4. The van der Waals surface area contributed by atoms with Crippen LogP contribution in [-0.2, 0) is 9.59 Å². The fourth-order valence-corrected chi connectivity index (χ4v) is 2.22. The number of carbonyl (C=O) groups excluding carboxylic acids is 1. The molecule has 0 aliphatic carbocycles. The fraction of sp³-hybridized carbons (Fsp3) is 0.500. The lowest BCUT2D eigenvalue weighted by molar-refractivity contribution is -0.137. The van der Waals surface area contributed by atoms with E-state index in [0.29, 0.717) is 19.4 Å². The summed E-state index contributed by atoms with van der Waals surface area (Å²) in [6, 6.07) is 9.74. The molecule has 110 valence electrons. The second-order valence-corrected chi connectivity index (χ2v) is 5.27. The van der Waals surface area contributed by atoms with Gasteiger partial charge in [0.1, 0.15) is 0 Å². The lowest BCUT2D eigenvalue weighted by atomic mass is 9.87. The van der Waals surface area contributed by atoms with Crippen molar-refractivity contribution in [2.24, 2.45) is 5.92 Å². The van der Waals surface area contributed by atoms with Gasteiger partial charge in [0.2, 0.25) is 5.91 Å². The van der Waals surface area contributed by atoms with E-state index in [0.717, 1.165) is 5.56 Å². The fourth-order valence-electron chi connectivity index (χ4n) is 2.22. The smallest absolute Gasteiger partial charge is 0.303 e. The van der Waals surface area contributed by atoms with E-state index in [9.17, 15) is 9.59 Å². The summed E-state index contributed by atoms with van der Waals surface area (Å²) < 4.78 is 0. The maximum atomic E-state index is 12.3. The topological polar surface area (TPSA) is 66.4 Å². The first kappa shape index (κ1) is 16.2. The summed E-state index contributed by atoms with van der Waals surface area (Å²) in [6.45, 7) is 4.59. The molecule has 1 amide bonds. The van der Waals surface area contributed by atoms with E-state index in [4.69, 9.17) is 5.11 Å². The maximum absolute atomic E-state index is 12.3. The summed E-state index contributed by atoms with van der Waals surface area (Å²) in [5.74, 6) is -0.714. The highest BCUT2D eigenvalue weighted by Crippen LogP contribution is 2.24. The van der Waals surface area contributed by atoms with Crippen molar-refractivity contribution in [3.05, 3.63) is 35.9 Å². The molecule has 0 bridgehead atoms. The van der Waals surface area contributed by atoms with E-state index in [1.165, 1.54) is 0 Å². The SMILES string of the molecule is CC(C)C(C(=O)NCCCCC(=O)O)c1ccccc1. The lowest BCUT2D eigenvalue weighted by Gasteiger charge is -2.20. The van der Waals surface area contributed by atoms with E-state index >= 15 is 0 Å². The zero-order valence-electron chi connectivity index (χ0n) is 12.1. The van der Waals surface area contributed by atoms with Gasteiger partial charge in [-0.1, -0.05) is 44.2 Å². The van der Waals surface area contributed by atoms with Crippen molar-refractivity contribution in [1.82, 2.24) is 5.32 Å². The van der Waals surface area contributed by atoms with Gasteiger partial charge in [0.15, 0.2) is 0 Å². The Morgan fingerprint density at radius 2 is 1.80 bits per heavy atom. The predicted octanol–water partition coefficient (Wildman–Crippen LogP) is 2.80. The maximum Gasteiger partial charge on any atom is 0.303 e. The molecule has 0 aromatic heterocycles. The number of nitrogens with one attached hydrogen (secondary N) is 1. The van der Waals surface area contributed by atoms with Gasteiger partial charge in [0.05, 0.1) is 5.92 Å². The summed E-state index contributed by atoms with van der Waals surface area (Å²) >= 11 is 0. The average Bonchev–Trinajstić information content (AvgIpc) is 2.39. The monoisotopic (exact) mass is 277 g/mol. The van der Waals surface area contributed by atoms with Crippen molar-refractivity contribution < 1.29 is 14.7 Å². The van der Waals surface area contributed by atoms with Crippen LogP contribution >= 0.6 is 0 Å². The molecule has 0 saturated carbocycles. The number of hydrogen-bond donors (Lipinski definition) is 2. The minimum atomic E-state index is -0.791. The number of carboxylic acid groups (broad SMARTS) is 1. The molecule has 1 aromatic rings. The van der Waals surface area contributed by atoms with Crippen molar-refractivity contribution in [3.8, 4) is 0 Å². The third-order valence-corrected chi connectivity index (χ3v) is 3.22. The van der Waals surface area contributed by atoms with Crippen LogP contribution in [-0.4, -0.2) is 23.5 Å². The summed E-state index contributed by atoms with van der Waals surface area (Å²) in [4.78, 5) is 22.6. The van der Waals surface area contributed by atoms with Crippen LogP contribution in [0.25, 0.3) is 0 Å². The minimum absolute atomic E-state index is 0.0153. The Labute approximate surface area is 120 Å². The van der Waals surface area contributed by atoms with Crippen LogP contribution < -0.4 is 5.32 Å². The first-order valence-corrected chi connectivity index (χ1v) is 7.07. The van der Waals surface area contributed by atoms with Crippen molar-refractivity contribution in [2.75, 3.05) is 6.54 Å². The molecule has 0 heterocycles. The number of hydrogen-bond acceptors (Lipinski definition) is 2. The van der Waals surface area contributed by atoms with Crippen LogP contribution in [0.1, 0.15) is 44.6 Å². The van der Waals surface area contributed by atoms with Crippen molar-refractivity contribution >= 4 is 11.9 Å². The third kappa shape index (κ3) is 5.43. The number of rotatable bonds is 8. The second kappa shape index (κ2) is 8.35. The molecule has 1 atom stereocenters. The van der Waals surface area contributed by atoms with Gasteiger partial charge in [0.25, 0.3) is 0 Å². The molecule has 0 fully saturated rings. The molecular formula is C16H23NO3. The molecule has 20 heavy (non-hydrogen) atoms. The quantitative estimate of drug-likeness (QED) is 0.718. The molecule has 0 radical (unpaired) electrons. The number of aliphatic carboxylic acids is 1. The highest BCUT2D eigenvalue weighted by atomic mass is 16.4. The Bertz CT molecular complexity index is 429. The van der Waals surface area contributed by atoms with E-state index in [2.05, 4.69) is 5.32 Å². The van der Waals surface area contributed by atoms with Gasteiger partial charge in [-0.3, -0.25) is 9.59 Å². The molecule has 0 spiro atoms. The standard InChI is InChI=1S/C16H23NO3/c1-12(2)15(13-8-4-3-5-9-13)16(20)17-11-7-6-10-14(18)19/h3-5,8-9,12,15H,6-7,10-11H2,1-2H3,(H,17,20)(H,18,19). The Hall–Kier alpha value is -1.84. The summed E-state index contributed by atoms with van der Waals surface area (Å²) in [5.41, 5.74) is 1.02. The average molecular weight is 277 g/mol. The molecular weight excluding hydrogens is 254 g/mol. The zero-order valence-corrected chi connectivity index (χ0v) is 12.1. The highest BCUT2D eigenvalue weighted by Gasteiger charge is 2.23. The molecule has 4 nitrogen and oxygen atoms in total. The molecule has 1 rings (SSSR count). The van der Waals surface area contributed by atoms with Crippen LogP contribution in [0.2, 0.25) is 0 Å². The molecule has 1 unspecified atom stereocenters. The van der Waals surface area contributed by atoms with Gasteiger partial charge < -0.3 is 10.4 Å². The third-order valence-electron chi connectivity index (χ3n) is 3.22. The number of benzene rings is 1. The molecule has 4 heteroatoms. The Morgan fingerprint density at radius 3 is 2.35 bits per heavy atom. The first-order valence-electron chi connectivity index (χ1n) is 7.07. The molecule has 2 N–H and O–H groups in total. The van der Waals surface area contributed by atoms with Crippen molar-refractivity contribution in [2.45, 2.75) is 39.0 Å². The summed E-state index contributed by atoms with van der Waals surface area (Å²) in [7, 11) is 0. The highest BCUT2D eigenvalue weighted by molar-refractivity contribution is 5.83. The molecule has 0 aliphatic heterocycles. The van der Waals surface area contributed by atoms with Gasteiger partial charge in [-0.2, -0.15) is 0 Å². The Kier molecular flexibility index (Phi) is 6.77. The Balaban J connectivity index is 2.48. The van der Waals surface area contributed by atoms with E-state index < -0.39 is 5.97 Å². The van der Waals surface area contributed by atoms with Crippen molar-refractivity contribution in [1.29, 1.82) is 0 Å². The first-order chi connectivity index (χ1) is 9.52. The Morgan fingerprint density at radius 1 is 1.15 bits per heavy atom. The zero-order chi connectivity index (χ0) is 15.0. The second-order valence-electron chi connectivity index (χ2n) is 5.27. The summed E-state index contributed by atoms with van der Waals surface area (Å²) in [6.07, 6.45) is 1.44. The van der Waals surface area contributed by atoms with Gasteiger partial charge in [-0.15, -0.1) is 0 Å². The van der Waals surface area contributed by atoms with Gasteiger partial charge in [-0.05, 0) is 24.3 Å². The number of amides is 1. The number of carboxylic acids is 1. The van der Waals surface area contributed by atoms with Crippen molar-refractivity contribution in [3.63, 3.8) is 0 Å². The van der Waals surface area contributed by atoms with Crippen LogP contribution in [0.3, 0.4) is 0 Å². The largest absolute Gasteiger partial charge is 0.481 e. The molecule has 1 aromatic carbocycles. The van der Waals surface area contributed by atoms with E-state index in [-0.39, 0.29) is 24.2 Å². The normalized spacial score (nSPS) is 12.2. The number of carbonyl (C=O) groups is 2. The van der Waals surface area contributed by atoms with E-state index in [1.807, 2.05) is 44.2 Å². The number of unbranched alkanes of at least 4 members (excludes halogenated alkanes) is 1. The molecule has 0 aliphatic rings. The van der Waals surface area contributed by atoms with Crippen LogP contribution in [0, 0.1) is 5.92 Å². The molecule has 0 saturated heterocycles. The lowest BCUT2D eigenvalue weighted by Crippen LogP contribution is -2.32. The van der Waals surface area contributed by atoms with Gasteiger partial charge in [0, 0.05) is 13.0 Å². The minimum Gasteiger partial charge on any atom is -0.481 e. The van der Waals surface area contributed by atoms with Gasteiger partial charge in [-0.25, -0.2) is 0 Å². The van der Waals surface area contributed by atoms with E-state index in [1.54, 1.807) is 0 Å². The van der Waals surface area contributed by atoms with Crippen LogP contribution in [0.5, 0.6) is 0 Å². The predicted molar refractivity (Wildman–Crippen MR) is 78.5 cm³/mol. The van der Waals surface area contributed by atoms with Crippen LogP contribution in [0.4, 0.5) is 0 Å².